The smallest absolute Gasteiger partial charge is 0.407 e. The van der Waals surface area contributed by atoms with Crippen LogP contribution in [0.3, 0.4) is 0 Å². The van der Waals surface area contributed by atoms with Crippen molar-refractivity contribution in [2.75, 3.05) is 25.2 Å². The van der Waals surface area contributed by atoms with Crippen LogP contribution in [0.1, 0.15) is 71.7 Å². The number of pyridine rings is 2. The highest BCUT2D eigenvalue weighted by atomic mass is 19.1. The Bertz CT molecular complexity index is 2380. The van der Waals surface area contributed by atoms with Gasteiger partial charge in [-0.3, -0.25) is 19.2 Å². The van der Waals surface area contributed by atoms with Gasteiger partial charge >= 0.3 is 12.1 Å². The van der Waals surface area contributed by atoms with Crippen molar-refractivity contribution in [3.8, 4) is 11.4 Å². The zero-order valence-electron chi connectivity index (χ0n) is 30.8. The first kappa shape index (κ1) is 38.1. The van der Waals surface area contributed by atoms with E-state index in [1.807, 2.05) is 0 Å². The summed E-state index contributed by atoms with van der Waals surface area (Å²) in [5.74, 6) is -2.58. The van der Waals surface area contributed by atoms with Crippen LogP contribution in [-0.4, -0.2) is 64.3 Å². The minimum Gasteiger partial charge on any atom is -0.458 e. The largest absolute Gasteiger partial charge is 0.458 e. The lowest BCUT2D eigenvalue weighted by atomic mass is 9.81. The maximum atomic E-state index is 15.2. The van der Waals surface area contributed by atoms with Crippen LogP contribution in [0.4, 0.5) is 14.9 Å². The second kappa shape index (κ2) is 15.1. The van der Waals surface area contributed by atoms with Crippen LogP contribution >= 0.6 is 0 Å². The Morgan fingerprint density at radius 2 is 1.84 bits per heavy atom. The van der Waals surface area contributed by atoms with Gasteiger partial charge < -0.3 is 45.2 Å². The molecule has 292 valence electrons. The van der Waals surface area contributed by atoms with Gasteiger partial charge in [0.2, 0.25) is 17.7 Å². The SMILES string of the molecule is CC[C@@]1(O)C(=O)OCc2c1cc1n(c2=O)Cc2c-1nc1cc(F)c(C)c3c1c2[C@@H](NC(=O)COCNC(=O)CNC(=O)OCc1ccc(NC(C)=O)cc1)CC3. The van der Waals surface area contributed by atoms with Gasteiger partial charge in [0.05, 0.1) is 35.1 Å². The lowest BCUT2D eigenvalue weighted by molar-refractivity contribution is -0.172. The number of hydrogen-bond acceptors (Lipinski definition) is 11. The average molecular weight is 771 g/mol. The van der Waals surface area contributed by atoms with E-state index in [1.54, 1.807) is 44.2 Å². The first-order valence-corrected chi connectivity index (χ1v) is 18.0. The number of carbonyl (C=O) groups excluding carboxylic acids is 5. The van der Waals surface area contributed by atoms with Crippen molar-refractivity contribution in [2.24, 2.45) is 0 Å². The molecule has 2 aliphatic heterocycles. The molecule has 56 heavy (non-hydrogen) atoms. The topological polar surface area (TPSA) is 216 Å². The van der Waals surface area contributed by atoms with Crippen LogP contribution in [0.5, 0.6) is 0 Å². The highest BCUT2D eigenvalue weighted by molar-refractivity contribution is 5.94. The number of amides is 4. The number of benzene rings is 2. The van der Waals surface area contributed by atoms with Gasteiger partial charge in [0.1, 0.15) is 38.9 Å². The van der Waals surface area contributed by atoms with Crippen LogP contribution in [-0.2, 0) is 65.2 Å². The van der Waals surface area contributed by atoms with Crippen LogP contribution < -0.4 is 26.8 Å². The maximum absolute atomic E-state index is 15.2. The van der Waals surface area contributed by atoms with Crippen molar-refractivity contribution in [3.05, 3.63) is 91.5 Å². The van der Waals surface area contributed by atoms with Gasteiger partial charge in [-0.1, -0.05) is 19.1 Å². The standard InChI is InChI=1S/C39H39FN6O10/c1-4-39(53)26-11-30-35-24(14-46(30)36(50)25(26)16-55-37(39)51)34-28(10-9-23-19(2)27(40)12-29(45-35)33(23)34)44-32(49)17-54-18-42-31(48)13-41-38(52)56-15-21-5-7-22(8-6-21)43-20(3)47/h5-8,11-12,28,53H,4,9-10,13-18H2,1-3H3,(H,41,52)(H,42,48)(H,43,47)(H,44,49)/t28-,39-/m0/s1. The Morgan fingerprint density at radius 1 is 1.07 bits per heavy atom. The van der Waals surface area contributed by atoms with E-state index in [2.05, 4.69) is 21.3 Å². The molecular formula is C39H39FN6O10. The van der Waals surface area contributed by atoms with Crippen molar-refractivity contribution >= 4 is 46.4 Å². The van der Waals surface area contributed by atoms with E-state index < -0.39 is 60.0 Å². The van der Waals surface area contributed by atoms with Gasteiger partial charge in [-0.15, -0.1) is 0 Å². The van der Waals surface area contributed by atoms with Crippen LogP contribution in [0.2, 0.25) is 0 Å². The molecule has 0 fully saturated rings. The number of nitrogens with zero attached hydrogens (tertiary/aromatic N) is 2. The quantitative estimate of drug-likeness (QED) is 0.0748. The first-order chi connectivity index (χ1) is 26.8. The molecule has 3 aliphatic rings. The summed E-state index contributed by atoms with van der Waals surface area (Å²) in [6.45, 7) is 3.28. The van der Waals surface area contributed by atoms with Crippen molar-refractivity contribution in [2.45, 2.75) is 71.4 Å². The number of rotatable bonds is 11. The summed E-state index contributed by atoms with van der Waals surface area (Å²) in [7, 11) is 0. The number of aliphatic hydroxyl groups is 1. The van der Waals surface area contributed by atoms with Crippen molar-refractivity contribution < 1.29 is 47.7 Å². The van der Waals surface area contributed by atoms with Gasteiger partial charge in [0, 0.05) is 35.2 Å². The number of halogens is 1. The molecule has 4 heterocycles. The molecule has 0 saturated heterocycles. The lowest BCUT2D eigenvalue weighted by Crippen LogP contribution is -2.44. The Labute approximate surface area is 318 Å². The highest BCUT2D eigenvalue weighted by Crippen LogP contribution is 2.46. The zero-order chi connectivity index (χ0) is 39.9. The van der Waals surface area contributed by atoms with Crippen LogP contribution in [0.15, 0.2) is 41.2 Å². The molecule has 5 N–H and O–H groups in total. The Balaban J connectivity index is 0.994. The molecule has 0 spiro atoms. The van der Waals surface area contributed by atoms with E-state index in [0.717, 1.165) is 5.56 Å². The molecule has 0 unspecified atom stereocenters. The van der Waals surface area contributed by atoms with Crippen molar-refractivity contribution in [1.82, 2.24) is 25.5 Å². The molecule has 4 amide bonds. The summed E-state index contributed by atoms with van der Waals surface area (Å²) in [6.07, 6.45) is 0.00812. The van der Waals surface area contributed by atoms with E-state index in [0.29, 0.717) is 63.1 Å². The Hall–Kier alpha value is -6.20. The minimum atomic E-state index is -2.02. The maximum Gasteiger partial charge on any atom is 0.407 e. The number of nitrogens with one attached hydrogen (secondary N) is 4. The van der Waals surface area contributed by atoms with E-state index >= 15 is 4.39 Å². The van der Waals surface area contributed by atoms with Gasteiger partial charge in [0.25, 0.3) is 5.56 Å². The minimum absolute atomic E-state index is 0.0233. The second-order valence-electron chi connectivity index (χ2n) is 13.9. The number of carbonyl (C=O) groups is 5. The third-order valence-corrected chi connectivity index (χ3v) is 10.4. The molecule has 0 saturated carbocycles. The zero-order valence-corrected chi connectivity index (χ0v) is 30.8. The monoisotopic (exact) mass is 770 g/mol. The molecule has 1 aliphatic carbocycles. The normalized spacial score (nSPS) is 17.6. The number of hydrogen-bond donors (Lipinski definition) is 5. The number of aryl methyl sites for hydroxylation is 1. The number of esters is 1. The average Bonchev–Trinajstić information content (AvgIpc) is 3.54. The third-order valence-electron chi connectivity index (χ3n) is 10.4. The number of fused-ring (bicyclic) bond motifs is 5. The third kappa shape index (κ3) is 7.06. The summed E-state index contributed by atoms with van der Waals surface area (Å²) in [4.78, 5) is 80.0. The summed E-state index contributed by atoms with van der Waals surface area (Å²) in [5, 5.41) is 22.4. The van der Waals surface area contributed by atoms with E-state index in [9.17, 15) is 33.9 Å². The first-order valence-electron chi connectivity index (χ1n) is 18.0. The number of alkyl carbamates (subject to hydrolysis) is 1. The predicted molar refractivity (Wildman–Crippen MR) is 196 cm³/mol. The molecule has 16 nitrogen and oxygen atoms in total. The Morgan fingerprint density at radius 3 is 2.57 bits per heavy atom. The molecule has 0 bridgehead atoms. The summed E-state index contributed by atoms with van der Waals surface area (Å²) in [5.41, 5.74) is 2.77. The van der Waals surface area contributed by atoms with Gasteiger partial charge in [-0.25, -0.2) is 19.0 Å². The number of aromatic nitrogens is 2. The van der Waals surface area contributed by atoms with E-state index in [1.165, 1.54) is 17.6 Å². The van der Waals surface area contributed by atoms with Crippen molar-refractivity contribution in [3.63, 3.8) is 0 Å². The Kier molecular flexibility index (Phi) is 10.3. The van der Waals surface area contributed by atoms with Crippen molar-refractivity contribution in [1.29, 1.82) is 0 Å². The fraction of sp³-hybridized carbons (Fsp3) is 0.359. The fourth-order valence-corrected chi connectivity index (χ4v) is 7.51. The second-order valence-corrected chi connectivity index (χ2v) is 13.9. The molecule has 7 rings (SSSR count). The number of cyclic esters (lactones) is 1. The molecule has 0 radical (unpaired) electrons. The van der Waals surface area contributed by atoms with E-state index in [-0.39, 0.29) is 49.9 Å². The molecule has 2 atom stereocenters. The molecule has 2 aromatic heterocycles. The number of ether oxygens (including phenoxy) is 3. The van der Waals surface area contributed by atoms with Gasteiger partial charge in [-0.05, 0) is 66.6 Å². The summed E-state index contributed by atoms with van der Waals surface area (Å²) < 4.78 is 32.4. The highest BCUT2D eigenvalue weighted by Gasteiger charge is 2.46. The molecule has 4 aromatic rings. The molecular weight excluding hydrogens is 731 g/mol. The summed E-state index contributed by atoms with van der Waals surface area (Å²) in [6, 6.07) is 9.03. The van der Waals surface area contributed by atoms with Crippen LogP contribution in [0, 0.1) is 12.7 Å². The molecule has 2 aromatic carbocycles. The lowest BCUT2D eigenvalue weighted by Gasteiger charge is -2.31. The van der Waals surface area contributed by atoms with Crippen LogP contribution in [0.25, 0.3) is 22.3 Å². The number of anilines is 1. The van der Waals surface area contributed by atoms with E-state index in [4.69, 9.17) is 19.2 Å². The summed E-state index contributed by atoms with van der Waals surface area (Å²) >= 11 is 0. The molecule has 17 heteroatoms. The predicted octanol–water partition coefficient (Wildman–Crippen LogP) is 2.61. The van der Waals surface area contributed by atoms with Gasteiger partial charge in [0.15, 0.2) is 5.60 Å². The van der Waals surface area contributed by atoms with Gasteiger partial charge in [-0.2, -0.15) is 0 Å². The fourth-order valence-electron chi connectivity index (χ4n) is 7.51.